The van der Waals surface area contributed by atoms with Crippen LogP contribution < -0.4 is 21.7 Å². The van der Waals surface area contributed by atoms with Crippen LogP contribution in [-0.4, -0.2) is 58.1 Å². The fourth-order valence-corrected chi connectivity index (χ4v) is 7.33. The first-order valence-corrected chi connectivity index (χ1v) is 18.4. The minimum absolute atomic E-state index is 0. The molecule has 50 heavy (non-hydrogen) atoms. The third-order valence-corrected chi connectivity index (χ3v) is 10.1. The maximum atomic E-state index is 13.6. The molecule has 0 radical (unpaired) electrons. The Labute approximate surface area is 306 Å². The number of nitrogens with zero attached hydrogens (tertiary/aromatic N) is 3. The van der Waals surface area contributed by atoms with Gasteiger partial charge in [0.2, 0.25) is 5.91 Å². The van der Waals surface area contributed by atoms with Crippen LogP contribution in [0.15, 0.2) is 65.4 Å². The molecule has 1 aliphatic heterocycles. The summed E-state index contributed by atoms with van der Waals surface area (Å²) in [5.41, 5.74) is 8.74. The Morgan fingerprint density at radius 3 is 2.16 bits per heavy atom. The lowest BCUT2D eigenvalue weighted by molar-refractivity contribution is -0.122. The largest absolute Gasteiger partial charge is 0.351 e. The highest BCUT2D eigenvalue weighted by Gasteiger charge is 2.26. The molecule has 2 aromatic heterocycles. The van der Waals surface area contributed by atoms with E-state index in [-0.39, 0.29) is 65.8 Å². The minimum Gasteiger partial charge on any atom is -0.351 e. The van der Waals surface area contributed by atoms with Crippen molar-refractivity contribution in [2.45, 2.75) is 64.6 Å². The lowest BCUT2D eigenvalue weighted by atomic mass is 10.0. The van der Waals surface area contributed by atoms with E-state index in [1.165, 1.54) is 22.7 Å². The topological polar surface area (TPSA) is 159 Å². The second-order valence-corrected chi connectivity index (χ2v) is 14.3. The summed E-state index contributed by atoms with van der Waals surface area (Å²) in [7, 11) is 0. The molecule has 11 nitrogen and oxygen atoms in total. The van der Waals surface area contributed by atoms with Crippen molar-refractivity contribution in [2.24, 2.45) is 11.7 Å². The van der Waals surface area contributed by atoms with Crippen LogP contribution in [0.25, 0.3) is 0 Å². The predicted octanol–water partition coefficient (Wildman–Crippen LogP) is 5.45. The van der Waals surface area contributed by atoms with Crippen molar-refractivity contribution in [2.75, 3.05) is 19.6 Å². The highest BCUT2D eigenvalue weighted by atomic mass is 35.5. The van der Waals surface area contributed by atoms with Gasteiger partial charge in [0.25, 0.3) is 17.7 Å². The van der Waals surface area contributed by atoms with Crippen molar-refractivity contribution < 1.29 is 19.2 Å². The van der Waals surface area contributed by atoms with Gasteiger partial charge in [0, 0.05) is 48.9 Å². The molecule has 4 bridgehead atoms. The molecule has 2 aromatic carbocycles. The Kier molecular flexibility index (Phi) is 14.5. The van der Waals surface area contributed by atoms with Gasteiger partial charge in [0.15, 0.2) is 0 Å². The summed E-state index contributed by atoms with van der Waals surface area (Å²) >= 11 is 2.65. The second-order valence-electron chi connectivity index (χ2n) is 12.5. The van der Waals surface area contributed by atoms with Gasteiger partial charge >= 0.3 is 0 Å². The van der Waals surface area contributed by atoms with Crippen LogP contribution in [0, 0.1) is 5.92 Å². The maximum Gasteiger partial charge on any atom is 0.271 e. The van der Waals surface area contributed by atoms with Crippen molar-refractivity contribution >= 4 is 58.7 Å². The maximum absolute atomic E-state index is 13.6. The molecular formula is C36H44ClN7O4S2. The Bertz CT molecular complexity index is 1730. The van der Waals surface area contributed by atoms with E-state index in [0.29, 0.717) is 67.4 Å². The molecule has 5 N–H and O–H groups in total. The molecule has 14 heteroatoms. The fraction of sp³-hybridized carbons (Fsp3) is 0.389. The molecule has 4 amide bonds. The van der Waals surface area contributed by atoms with Crippen LogP contribution in [0.5, 0.6) is 0 Å². The second kappa shape index (κ2) is 18.7. The van der Waals surface area contributed by atoms with Crippen LogP contribution >= 0.6 is 35.1 Å². The van der Waals surface area contributed by atoms with Crippen LogP contribution in [0.4, 0.5) is 0 Å². The molecule has 0 saturated carbocycles. The van der Waals surface area contributed by atoms with E-state index in [1.54, 1.807) is 27.8 Å². The molecule has 0 saturated heterocycles. The third-order valence-electron chi connectivity index (χ3n) is 8.18. The van der Waals surface area contributed by atoms with Gasteiger partial charge in [-0.25, -0.2) is 9.97 Å². The molecule has 1 aliphatic rings. The Hall–Kier alpha value is -4.17. The number of amides is 4. The summed E-state index contributed by atoms with van der Waals surface area (Å²) in [6.07, 6.45) is 2.31. The SMILES string of the molecule is CC(C)C[C@@H]1NC(=O)CCCN(C(=O)c2ccc(CN)cc2)CCCNC(=O)c2csc(n2)[C@H](Cc2ccccc2)NC(=O)c2csc1n2.Cl. The zero-order chi connectivity index (χ0) is 34.8. The van der Waals surface area contributed by atoms with Gasteiger partial charge in [-0.2, -0.15) is 0 Å². The molecule has 0 spiro atoms. The van der Waals surface area contributed by atoms with E-state index in [0.717, 1.165) is 11.1 Å². The van der Waals surface area contributed by atoms with Crippen LogP contribution in [-0.2, 0) is 17.8 Å². The quantitative estimate of drug-likeness (QED) is 0.205. The number of thiazole rings is 2. The molecular weight excluding hydrogens is 694 g/mol. The number of hydrogen-bond acceptors (Lipinski definition) is 9. The molecule has 0 unspecified atom stereocenters. The van der Waals surface area contributed by atoms with Gasteiger partial charge in [-0.05, 0) is 54.9 Å². The highest BCUT2D eigenvalue weighted by Crippen LogP contribution is 2.27. The summed E-state index contributed by atoms with van der Waals surface area (Å²) in [6.45, 7) is 5.63. The molecule has 3 heterocycles. The number of benzene rings is 2. The molecule has 266 valence electrons. The lowest BCUT2D eigenvalue weighted by Crippen LogP contribution is -2.36. The number of nitrogens with two attached hydrogens (primary N) is 1. The van der Waals surface area contributed by atoms with Gasteiger partial charge in [-0.1, -0.05) is 56.3 Å². The first kappa shape index (κ1) is 38.6. The standard InChI is InChI=1S/C36H43N7O4S2.ClH/c1-23(2)18-27-34-42-30(22-49-34)33(46)40-28(19-24-8-4-3-5-9-24)35-41-29(21-48-35)32(45)38-15-7-17-43(16-6-10-31(44)39-27)36(47)26-13-11-25(20-37)12-14-26;/h3-5,8-9,11-14,21-23,27-28H,6-7,10,15-20,37H2,1-2H3,(H,38,45)(H,39,44)(H,40,46);1H/t27-,28-;/m0./s1. The van der Waals surface area contributed by atoms with Crippen molar-refractivity contribution in [3.05, 3.63) is 103 Å². The summed E-state index contributed by atoms with van der Waals surface area (Å²) in [5.74, 6) is -0.706. The molecule has 4 aromatic rings. The van der Waals surface area contributed by atoms with Crippen LogP contribution in [0.2, 0.25) is 0 Å². The first-order valence-electron chi connectivity index (χ1n) is 16.6. The summed E-state index contributed by atoms with van der Waals surface area (Å²) in [5, 5.41) is 13.8. The average molecular weight is 738 g/mol. The first-order chi connectivity index (χ1) is 23.7. The minimum atomic E-state index is -0.495. The van der Waals surface area contributed by atoms with Gasteiger partial charge in [0.1, 0.15) is 21.4 Å². The van der Waals surface area contributed by atoms with Crippen molar-refractivity contribution in [1.82, 2.24) is 30.8 Å². The number of fused-ring (bicyclic) bond motifs is 4. The van der Waals surface area contributed by atoms with Gasteiger partial charge in [-0.3, -0.25) is 19.2 Å². The van der Waals surface area contributed by atoms with E-state index >= 15 is 0 Å². The predicted molar refractivity (Wildman–Crippen MR) is 199 cm³/mol. The molecule has 2 atom stereocenters. The molecule has 5 rings (SSSR count). The fourth-order valence-electron chi connectivity index (χ4n) is 5.62. The zero-order valence-corrected chi connectivity index (χ0v) is 30.7. The Morgan fingerprint density at radius 1 is 0.860 bits per heavy atom. The van der Waals surface area contributed by atoms with Crippen LogP contribution in [0.1, 0.15) is 104 Å². The van der Waals surface area contributed by atoms with E-state index in [1.807, 2.05) is 42.5 Å². The third kappa shape index (κ3) is 10.7. The summed E-state index contributed by atoms with van der Waals surface area (Å²) < 4.78 is 0. The van der Waals surface area contributed by atoms with Crippen molar-refractivity contribution in [1.29, 1.82) is 0 Å². The number of halogens is 1. The van der Waals surface area contributed by atoms with Gasteiger partial charge in [-0.15, -0.1) is 35.1 Å². The summed E-state index contributed by atoms with van der Waals surface area (Å²) in [4.78, 5) is 64.4. The smallest absolute Gasteiger partial charge is 0.271 e. The number of rotatable bonds is 6. The summed E-state index contributed by atoms with van der Waals surface area (Å²) in [6, 6.07) is 16.1. The van der Waals surface area contributed by atoms with E-state index < -0.39 is 6.04 Å². The number of hydrogen-bond donors (Lipinski definition) is 4. The van der Waals surface area contributed by atoms with E-state index in [2.05, 4.69) is 39.8 Å². The zero-order valence-electron chi connectivity index (χ0n) is 28.2. The molecule has 0 aliphatic carbocycles. The Morgan fingerprint density at radius 2 is 1.50 bits per heavy atom. The number of carbonyl (C=O) groups is 4. The van der Waals surface area contributed by atoms with E-state index in [4.69, 9.17) is 5.73 Å². The van der Waals surface area contributed by atoms with Crippen molar-refractivity contribution in [3.8, 4) is 0 Å². The van der Waals surface area contributed by atoms with Gasteiger partial charge in [0.05, 0.1) is 12.1 Å². The van der Waals surface area contributed by atoms with Gasteiger partial charge < -0.3 is 26.6 Å². The lowest BCUT2D eigenvalue weighted by Gasteiger charge is -2.23. The average Bonchev–Trinajstić information content (AvgIpc) is 3.80. The Balaban J connectivity index is 0.00000562. The normalized spacial score (nSPS) is 17.9. The monoisotopic (exact) mass is 737 g/mol. The molecule has 0 fully saturated rings. The van der Waals surface area contributed by atoms with Crippen molar-refractivity contribution in [3.63, 3.8) is 0 Å². The number of carbonyl (C=O) groups excluding carboxylic acids is 4. The van der Waals surface area contributed by atoms with Crippen LogP contribution in [0.3, 0.4) is 0 Å². The number of aromatic nitrogens is 2. The number of nitrogens with one attached hydrogen (secondary N) is 3. The van der Waals surface area contributed by atoms with E-state index in [9.17, 15) is 19.2 Å². The highest BCUT2D eigenvalue weighted by molar-refractivity contribution is 7.10.